The van der Waals surface area contributed by atoms with Crippen LogP contribution in [0.2, 0.25) is 0 Å². The number of nitrogens with one attached hydrogen (secondary N) is 1. The van der Waals surface area contributed by atoms with E-state index < -0.39 is 0 Å². The van der Waals surface area contributed by atoms with Crippen molar-refractivity contribution in [2.45, 2.75) is 26.6 Å². The van der Waals surface area contributed by atoms with E-state index in [2.05, 4.69) is 26.3 Å². The van der Waals surface area contributed by atoms with Gasteiger partial charge in [0.2, 0.25) is 0 Å². The standard InChI is InChI=1S/C18H18BrN3O3/c1-2-22-10-9-14(21-22)11-20-18(23)17-8-7-16(25-17)12-24-15-5-3-13(19)4-6-15/h3-10H,2,11-12H2,1H3,(H,20,23). The molecule has 3 aromatic rings. The lowest BCUT2D eigenvalue weighted by atomic mass is 10.3. The SMILES string of the molecule is CCn1ccc(CNC(=O)c2ccc(COc3ccc(Br)cc3)o2)n1. The summed E-state index contributed by atoms with van der Waals surface area (Å²) in [5.41, 5.74) is 0.806. The van der Waals surface area contributed by atoms with Gasteiger partial charge in [-0.25, -0.2) is 0 Å². The maximum absolute atomic E-state index is 12.1. The zero-order chi connectivity index (χ0) is 17.6. The van der Waals surface area contributed by atoms with Crippen molar-refractivity contribution >= 4 is 21.8 Å². The van der Waals surface area contributed by atoms with Crippen molar-refractivity contribution < 1.29 is 13.9 Å². The van der Waals surface area contributed by atoms with Crippen LogP contribution in [-0.4, -0.2) is 15.7 Å². The van der Waals surface area contributed by atoms with Gasteiger partial charge in [0.25, 0.3) is 5.91 Å². The van der Waals surface area contributed by atoms with Gasteiger partial charge >= 0.3 is 0 Å². The third-order valence-corrected chi connectivity index (χ3v) is 4.06. The highest BCUT2D eigenvalue weighted by molar-refractivity contribution is 9.10. The molecule has 0 bridgehead atoms. The number of carbonyl (C=O) groups is 1. The maximum Gasteiger partial charge on any atom is 0.287 e. The number of aromatic nitrogens is 2. The molecule has 2 heterocycles. The molecule has 0 aliphatic heterocycles. The van der Waals surface area contributed by atoms with Crippen molar-refractivity contribution in [3.8, 4) is 5.75 Å². The van der Waals surface area contributed by atoms with Crippen molar-refractivity contribution in [1.82, 2.24) is 15.1 Å². The van der Waals surface area contributed by atoms with E-state index in [0.29, 0.717) is 12.3 Å². The van der Waals surface area contributed by atoms with Gasteiger partial charge in [-0.2, -0.15) is 5.10 Å². The number of aryl methyl sites for hydroxylation is 1. The van der Waals surface area contributed by atoms with E-state index in [1.54, 1.807) is 12.1 Å². The number of hydrogen-bond donors (Lipinski definition) is 1. The Morgan fingerprint density at radius 3 is 2.76 bits per heavy atom. The highest BCUT2D eigenvalue weighted by Gasteiger charge is 2.12. The molecular formula is C18H18BrN3O3. The van der Waals surface area contributed by atoms with Crippen LogP contribution in [-0.2, 0) is 19.7 Å². The highest BCUT2D eigenvalue weighted by atomic mass is 79.9. The largest absolute Gasteiger partial charge is 0.486 e. The summed E-state index contributed by atoms with van der Waals surface area (Å²) in [6.07, 6.45) is 1.88. The Hall–Kier alpha value is -2.54. The van der Waals surface area contributed by atoms with Crippen molar-refractivity contribution in [2.24, 2.45) is 0 Å². The second kappa shape index (κ2) is 8.02. The van der Waals surface area contributed by atoms with Gasteiger partial charge < -0.3 is 14.5 Å². The zero-order valence-corrected chi connectivity index (χ0v) is 15.3. The predicted molar refractivity (Wildman–Crippen MR) is 96.3 cm³/mol. The van der Waals surface area contributed by atoms with E-state index in [-0.39, 0.29) is 18.3 Å². The molecule has 0 atom stereocenters. The van der Waals surface area contributed by atoms with Crippen LogP contribution in [0.25, 0.3) is 0 Å². The van der Waals surface area contributed by atoms with Crippen LogP contribution in [0.4, 0.5) is 0 Å². The average molecular weight is 404 g/mol. The lowest BCUT2D eigenvalue weighted by molar-refractivity contribution is 0.0918. The molecule has 25 heavy (non-hydrogen) atoms. The number of furan rings is 1. The molecule has 0 unspecified atom stereocenters. The molecule has 7 heteroatoms. The van der Waals surface area contributed by atoms with E-state index in [4.69, 9.17) is 9.15 Å². The summed E-state index contributed by atoms with van der Waals surface area (Å²) in [4.78, 5) is 12.1. The van der Waals surface area contributed by atoms with Crippen LogP contribution < -0.4 is 10.1 Å². The molecule has 0 aliphatic carbocycles. The highest BCUT2D eigenvalue weighted by Crippen LogP contribution is 2.18. The van der Waals surface area contributed by atoms with E-state index in [1.807, 2.05) is 48.1 Å². The molecule has 130 valence electrons. The summed E-state index contributed by atoms with van der Waals surface area (Å²) in [6, 6.07) is 12.8. The molecule has 0 aliphatic rings. The minimum absolute atomic E-state index is 0.254. The molecular weight excluding hydrogens is 386 g/mol. The molecule has 6 nitrogen and oxygen atoms in total. The topological polar surface area (TPSA) is 69.3 Å². The number of nitrogens with zero attached hydrogens (tertiary/aromatic N) is 2. The molecule has 1 aromatic carbocycles. The lowest BCUT2D eigenvalue weighted by Gasteiger charge is -2.04. The number of benzene rings is 1. The number of amides is 1. The summed E-state index contributed by atoms with van der Waals surface area (Å²) in [7, 11) is 0. The quantitative estimate of drug-likeness (QED) is 0.651. The Bertz CT molecular complexity index is 839. The van der Waals surface area contributed by atoms with Crippen molar-refractivity contribution in [1.29, 1.82) is 0 Å². The first-order chi connectivity index (χ1) is 12.1. The summed E-state index contributed by atoms with van der Waals surface area (Å²) in [5.74, 6) is 1.30. The fourth-order valence-electron chi connectivity index (χ4n) is 2.19. The summed E-state index contributed by atoms with van der Waals surface area (Å²) >= 11 is 3.37. The maximum atomic E-state index is 12.1. The fraction of sp³-hybridized carbons (Fsp3) is 0.222. The molecule has 0 saturated heterocycles. The summed E-state index contributed by atoms with van der Waals surface area (Å²) in [5, 5.41) is 7.11. The van der Waals surface area contributed by atoms with Gasteiger partial charge in [0.1, 0.15) is 18.1 Å². The molecule has 0 radical (unpaired) electrons. The zero-order valence-electron chi connectivity index (χ0n) is 13.7. The van der Waals surface area contributed by atoms with E-state index in [9.17, 15) is 4.79 Å². The Morgan fingerprint density at radius 2 is 2.04 bits per heavy atom. The van der Waals surface area contributed by atoms with Gasteiger partial charge in [0, 0.05) is 17.2 Å². The second-order valence-corrected chi connectivity index (χ2v) is 6.27. The lowest BCUT2D eigenvalue weighted by Crippen LogP contribution is -2.22. The number of rotatable bonds is 7. The first-order valence-corrected chi connectivity index (χ1v) is 8.71. The average Bonchev–Trinajstić information content (AvgIpc) is 3.28. The Balaban J connectivity index is 1.51. The minimum atomic E-state index is -0.277. The van der Waals surface area contributed by atoms with Gasteiger partial charge in [0.15, 0.2) is 5.76 Å². The van der Waals surface area contributed by atoms with Gasteiger partial charge in [-0.05, 0) is 49.4 Å². The van der Waals surface area contributed by atoms with Crippen LogP contribution >= 0.6 is 15.9 Å². The Labute approximate surface area is 153 Å². The molecule has 1 amide bonds. The van der Waals surface area contributed by atoms with Crippen molar-refractivity contribution in [2.75, 3.05) is 0 Å². The number of halogens is 1. The molecule has 1 N–H and O–H groups in total. The van der Waals surface area contributed by atoms with Gasteiger partial charge in [-0.15, -0.1) is 0 Å². The molecule has 0 fully saturated rings. The Kier molecular flexibility index (Phi) is 5.55. The van der Waals surface area contributed by atoms with Gasteiger partial charge in [-0.3, -0.25) is 9.48 Å². The fourth-order valence-corrected chi connectivity index (χ4v) is 2.46. The first-order valence-electron chi connectivity index (χ1n) is 7.91. The molecule has 3 rings (SSSR count). The second-order valence-electron chi connectivity index (χ2n) is 5.35. The molecule has 0 saturated carbocycles. The summed E-state index contributed by atoms with van der Waals surface area (Å²) < 4.78 is 14.0. The molecule has 0 spiro atoms. The van der Waals surface area contributed by atoms with Crippen LogP contribution in [0, 0.1) is 0 Å². The van der Waals surface area contributed by atoms with Crippen LogP contribution in [0.1, 0.15) is 28.9 Å². The number of ether oxygens (including phenoxy) is 1. The summed E-state index contributed by atoms with van der Waals surface area (Å²) in [6.45, 7) is 3.43. The van der Waals surface area contributed by atoms with E-state index >= 15 is 0 Å². The van der Waals surface area contributed by atoms with Gasteiger partial charge in [-0.1, -0.05) is 15.9 Å². The third-order valence-electron chi connectivity index (χ3n) is 3.53. The van der Waals surface area contributed by atoms with Crippen LogP contribution in [0.3, 0.4) is 0 Å². The number of hydrogen-bond acceptors (Lipinski definition) is 4. The van der Waals surface area contributed by atoms with Crippen molar-refractivity contribution in [3.05, 3.63) is 70.3 Å². The van der Waals surface area contributed by atoms with E-state index in [0.717, 1.165) is 22.5 Å². The number of carbonyl (C=O) groups excluding carboxylic acids is 1. The third kappa shape index (κ3) is 4.73. The minimum Gasteiger partial charge on any atom is -0.486 e. The Morgan fingerprint density at radius 1 is 1.24 bits per heavy atom. The van der Waals surface area contributed by atoms with Crippen molar-refractivity contribution in [3.63, 3.8) is 0 Å². The van der Waals surface area contributed by atoms with Gasteiger partial charge in [0.05, 0.1) is 12.2 Å². The predicted octanol–water partition coefficient (Wildman–Crippen LogP) is 3.77. The monoisotopic (exact) mass is 403 g/mol. The first kappa shape index (κ1) is 17.3. The van der Waals surface area contributed by atoms with Crippen LogP contribution in [0.5, 0.6) is 5.75 Å². The molecule has 2 aromatic heterocycles. The smallest absolute Gasteiger partial charge is 0.287 e. The van der Waals surface area contributed by atoms with E-state index in [1.165, 1.54) is 0 Å². The van der Waals surface area contributed by atoms with Crippen LogP contribution in [0.15, 0.2) is 57.6 Å². The normalized spacial score (nSPS) is 10.6.